The molecular formula is C16H15FN4S2. The number of nitrogens with zero attached hydrogens (tertiary/aromatic N) is 3. The standard InChI is InChI=1S/C16H15FN4S2/c1-22-14-8-2-11(3-9-14)10-23-16-20-19-15(21(16)18)12-4-6-13(17)7-5-12/h2-9H,10,18H2,1H3. The lowest BCUT2D eigenvalue weighted by atomic mass is 10.2. The Kier molecular flexibility index (Phi) is 4.88. The van der Waals surface area contributed by atoms with Crippen molar-refractivity contribution in [3.8, 4) is 11.4 Å². The van der Waals surface area contributed by atoms with Crippen LogP contribution in [0.1, 0.15) is 5.56 Å². The van der Waals surface area contributed by atoms with Crippen molar-refractivity contribution in [3.63, 3.8) is 0 Å². The van der Waals surface area contributed by atoms with Gasteiger partial charge in [0.25, 0.3) is 0 Å². The summed E-state index contributed by atoms with van der Waals surface area (Å²) in [6, 6.07) is 14.4. The number of nitrogens with two attached hydrogens (primary N) is 1. The number of aromatic nitrogens is 3. The molecule has 0 atom stereocenters. The molecule has 0 amide bonds. The Morgan fingerprint density at radius 3 is 2.39 bits per heavy atom. The molecule has 1 aromatic heterocycles. The van der Waals surface area contributed by atoms with Crippen LogP contribution in [0.5, 0.6) is 0 Å². The van der Waals surface area contributed by atoms with Gasteiger partial charge in [-0.1, -0.05) is 23.9 Å². The van der Waals surface area contributed by atoms with Crippen LogP contribution in [0.4, 0.5) is 4.39 Å². The van der Waals surface area contributed by atoms with E-state index < -0.39 is 0 Å². The number of rotatable bonds is 5. The van der Waals surface area contributed by atoms with Gasteiger partial charge >= 0.3 is 0 Å². The number of hydrogen-bond acceptors (Lipinski definition) is 5. The maximum absolute atomic E-state index is 13.0. The molecule has 0 unspecified atom stereocenters. The van der Waals surface area contributed by atoms with Crippen LogP contribution in [0, 0.1) is 5.82 Å². The van der Waals surface area contributed by atoms with Crippen LogP contribution in [0.3, 0.4) is 0 Å². The summed E-state index contributed by atoms with van der Waals surface area (Å²) >= 11 is 3.23. The molecule has 118 valence electrons. The lowest BCUT2D eigenvalue weighted by Crippen LogP contribution is -2.11. The van der Waals surface area contributed by atoms with Crippen LogP contribution in [0.15, 0.2) is 58.6 Å². The summed E-state index contributed by atoms with van der Waals surface area (Å²) in [5, 5.41) is 8.84. The third-order valence-corrected chi connectivity index (χ3v) is 5.05. The summed E-state index contributed by atoms with van der Waals surface area (Å²) in [5.41, 5.74) is 1.93. The van der Waals surface area contributed by atoms with E-state index in [4.69, 9.17) is 5.84 Å². The lowest BCUT2D eigenvalue weighted by Gasteiger charge is -2.04. The fraction of sp³-hybridized carbons (Fsp3) is 0.125. The molecule has 0 spiro atoms. The van der Waals surface area contributed by atoms with Crippen molar-refractivity contribution < 1.29 is 4.39 Å². The third kappa shape index (κ3) is 3.68. The molecule has 3 aromatic rings. The number of nitrogen functional groups attached to an aromatic ring is 1. The number of hydrogen-bond donors (Lipinski definition) is 1. The van der Waals surface area contributed by atoms with E-state index in [2.05, 4.69) is 40.7 Å². The van der Waals surface area contributed by atoms with Crippen LogP contribution >= 0.6 is 23.5 Å². The summed E-state index contributed by atoms with van der Waals surface area (Å²) in [6.07, 6.45) is 2.05. The van der Waals surface area contributed by atoms with Gasteiger partial charge < -0.3 is 5.84 Å². The van der Waals surface area contributed by atoms with Gasteiger partial charge in [-0.25, -0.2) is 9.07 Å². The average molecular weight is 346 g/mol. The zero-order chi connectivity index (χ0) is 16.2. The zero-order valence-corrected chi connectivity index (χ0v) is 14.1. The maximum atomic E-state index is 13.0. The summed E-state index contributed by atoms with van der Waals surface area (Å²) in [4.78, 5) is 1.24. The highest BCUT2D eigenvalue weighted by Gasteiger charge is 2.12. The molecule has 0 aliphatic heterocycles. The van der Waals surface area contributed by atoms with Crippen molar-refractivity contribution in [2.75, 3.05) is 12.1 Å². The van der Waals surface area contributed by atoms with Crippen molar-refractivity contribution in [2.24, 2.45) is 0 Å². The molecule has 7 heteroatoms. The highest BCUT2D eigenvalue weighted by atomic mass is 32.2. The predicted octanol–water partition coefficient (Wildman–Crippen LogP) is 3.81. The van der Waals surface area contributed by atoms with Gasteiger partial charge in [0.1, 0.15) is 5.82 Å². The predicted molar refractivity (Wildman–Crippen MR) is 93.4 cm³/mol. The first kappa shape index (κ1) is 15.9. The lowest BCUT2D eigenvalue weighted by molar-refractivity contribution is 0.628. The molecule has 0 fully saturated rings. The molecule has 0 bridgehead atoms. The summed E-state index contributed by atoms with van der Waals surface area (Å²) in [6.45, 7) is 0. The molecule has 0 saturated heterocycles. The van der Waals surface area contributed by atoms with E-state index >= 15 is 0 Å². The molecule has 0 saturated carbocycles. The Morgan fingerprint density at radius 2 is 1.74 bits per heavy atom. The smallest absolute Gasteiger partial charge is 0.210 e. The van der Waals surface area contributed by atoms with Crippen LogP contribution in [0.2, 0.25) is 0 Å². The molecule has 1 heterocycles. The first-order valence-corrected chi connectivity index (χ1v) is 9.10. The van der Waals surface area contributed by atoms with E-state index in [-0.39, 0.29) is 5.82 Å². The van der Waals surface area contributed by atoms with Crippen LogP contribution < -0.4 is 5.84 Å². The fourth-order valence-corrected chi connectivity index (χ4v) is 3.26. The SMILES string of the molecule is CSc1ccc(CSc2nnc(-c3ccc(F)cc3)n2N)cc1. The molecule has 0 radical (unpaired) electrons. The Bertz CT molecular complexity index is 785. The molecule has 4 nitrogen and oxygen atoms in total. The van der Waals surface area contributed by atoms with E-state index in [0.717, 1.165) is 11.3 Å². The van der Waals surface area contributed by atoms with Gasteiger partial charge in [0.2, 0.25) is 5.16 Å². The largest absolute Gasteiger partial charge is 0.335 e. The summed E-state index contributed by atoms with van der Waals surface area (Å²) < 4.78 is 14.4. The van der Waals surface area contributed by atoms with Crippen LogP contribution in [-0.2, 0) is 5.75 Å². The van der Waals surface area contributed by atoms with Gasteiger partial charge in [-0.05, 0) is 48.2 Å². The van der Waals surface area contributed by atoms with Gasteiger partial charge in [-0.3, -0.25) is 0 Å². The quantitative estimate of drug-likeness (QED) is 0.562. The normalized spacial score (nSPS) is 10.9. The van der Waals surface area contributed by atoms with Crippen LogP contribution in [0.25, 0.3) is 11.4 Å². The van der Waals surface area contributed by atoms with E-state index in [1.165, 1.54) is 39.0 Å². The molecular weight excluding hydrogens is 331 g/mol. The summed E-state index contributed by atoms with van der Waals surface area (Å²) in [7, 11) is 0. The van der Waals surface area contributed by atoms with Gasteiger partial charge in [0.15, 0.2) is 5.82 Å². The fourth-order valence-electron chi connectivity index (χ4n) is 2.04. The molecule has 3 rings (SSSR count). The van der Waals surface area contributed by atoms with Crippen LogP contribution in [-0.4, -0.2) is 21.1 Å². The Morgan fingerprint density at radius 1 is 1.04 bits per heavy atom. The average Bonchev–Trinajstić information content (AvgIpc) is 2.95. The topological polar surface area (TPSA) is 56.7 Å². The maximum Gasteiger partial charge on any atom is 0.210 e. The van der Waals surface area contributed by atoms with Gasteiger partial charge in [0, 0.05) is 16.2 Å². The van der Waals surface area contributed by atoms with E-state index in [9.17, 15) is 4.39 Å². The second-order valence-electron chi connectivity index (χ2n) is 4.82. The Labute approximate surface area is 142 Å². The van der Waals surface area contributed by atoms with E-state index in [1.54, 1.807) is 23.9 Å². The number of halogens is 1. The van der Waals surface area contributed by atoms with Gasteiger partial charge in [-0.15, -0.1) is 22.0 Å². The Hall–Kier alpha value is -1.99. The molecule has 23 heavy (non-hydrogen) atoms. The van der Waals surface area contributed by atoms with Crippen molar-refractivity contribution in [3.05, 3.63) is 59.9 Å². The molecule has 2 aromatic carbocycles. The second kappa shape index (κ2) is 7.06. The minimum atomic E-state index is -0.292. The van der Waals surface area contributed by atoms with E-state index in [1.807, 2.05) is 0 Å². The minimum Gasteiger partial charge on any atom is -0.335 e. The zero-order valence-electron chi connectivity index (χ0n) is 12.4. The highest BCUT2D eigenvalue weighted by molar-refractivity contribution is 7.98. The molecule has 0 aliphatic carbocycles. The monoisotopic (exact) mass is 346 g/mol. The van der Waals surface area contributed by atoms with Crippen molar-refractivity contribution >= 4 is 23.5 Å². The minimum absolute atomic E-state index is 0.292. The first-order valence-electron chi connectivity index (χ1n) is 6.89. The molecule has 2 N–H and O–H groups in total. The Balaban J connectivity index is 1.72. The van der Waals surface area contributed by atoms with Crippen molar-refractivity contribution in [2.45, 2.75) is 15.8 Å². The van der Waals surface area contributed by atoms with Crippen molar-refractivity contribution in [1.29, 1.82) is 0 Å². The van der Waals surface area contributed by atoms with Crippen molar-refractivity contribution in [1.82, 2.24) is 14.9 Å². The van der Waals surface area contributed by atoms with E-state index in [0.29, 0.717) is 11.0 Å². The van der Waals surface area contributed by atoms with Gasteiger partial charge in [0.05, 0.1) is 0 Å². The first-order chi connectivity index (χ1) is 11.2. The second-order valence-corrected chi connectivity index (χ2v) is 6.64. The summed E-state index contributed by atoms with van der Waals surface area (Å²) in [5.74, 6) is 7.04. The number of thioether (sulfide) groups is 2. The molecule has 0 aliphatic rings. The number of benzene rings is 2. The third-order valence-electron chi connectivity index (χ3n) is 3.29. The van der Waals surface area contributed by atoms with Gasteiger partial charge in [-0.2, -0.15) is 0 Å². The highest BCUT2D eigenvalue weighted by Crippen LogP contribution is 2.25.